The SMILES string of the molecule is O=S(=O)(F)ON1Cc2ccccc2C1. The number of rotatable bonds is 2. The van der Waals surface area contributed by atoms with E-state index in [1.165, 1.54) is 0 Å². The molecule has 0 aliphatic carbocycles. The van der Waals surface area contributed by atoms with Gasteiger partial charge in [0.15, 0.2) is 0 Å². The van der Waals surface area contributed by atoms with Crippen LogP contribution in [-0.4, -0.2) is 13.5 Å². The highest BCUT2D eigenvalue weighted by Crippen LogP contribution is 2.23. The minimum Gasteiger partial charge on any atom is -0.163 e. The lowest BCUT2D eigenvalue weighted by Crippen LogP contribution is -2.19. The van der Waals surface area contributed by atoms with Crippen LogP contribution in [0.4, 0.5) is 3.89 Å². The number of hydrogen-bond donors (Lipinski definition) is 0. The standard InChI is InChI=1S/C8H8FNO3S/c9-14(11,12)13-10-5-7-3-1-2-4-8(7)6-10/h1-4H,5-6H2. The van der Waals surface area contributed by atoms with Crippen molar-refractivity contribution in [2.75, 3.05) is 0 Å². The first-order valence-corrected chi connectivity index (χ1v) is 5.31. The molecule has 0 unspecified atom stereocenters. The number of benzene rings is 1. The molecule has 0 N–H and O–H groups in total. The second kappa shape index (κ2) is 3.30. The van der Waals surface area contributed by atoms with Crippen LogP contribution < -0.4 is 0 Å². The fourth-order valence-corrected chi connectivity index (χ4v) is 1.84. The van der Waals surface area contributed by atoms with E-state index in [1.807, 2.05) is 24.3 Å². The third kappa shape index (κ3) is 2.09. The molecule has 1 aromatic rings. The van der Waals surface area contributed by atoms with Crippen molar-refractivity contribution in [3.05, 3.63) is 35.4 Å². The Balaban J connectivity index is 2.13. The van der Waals surface area contributed by atoms with Crippen molar-refractivity contribution in [1.82, 2.24) is 5.06 Å². The van der Waals surface area contributed by atoms with E-state index >= 15 is 0 Å². The fraction of sp³-hybridized carbons (Fsp3) is 0.250. The summed E-state index contributed by atoms with van der Waals surface area (Å²) < 4.78 is 36.7. The average Bonchev–Trinajstić information content (AvgIpc) is 2.42. The van der Waals surface area contributed by atoms with Crippen molar-refractivity contribution < 1.29 is 16.6 Å². The maximum Gasteiger partial charge on any atom is 0.454 e. The van der Waals surface area contributed by atoms with E-state index in [4.69, 9.17) is 0 Å². The summed E-state index contributed by atoms with van der Waals surface area (Å²) in [7, 11) is -4.90. The molecule has 0 radical (unpaired) electrons. The minimum absolute atomic E-state index is 0.291. The molecule has 1 aliphatic heterocycles. The van der Waals surface area contributed by atoms with Crippen molar-refractivity contribution in [2.24, 2.45) is 0 Å². The van der Waals surface area contributed by atoms with Crippen LogP contribution in [0.3, 0.4) is 0 Å². The number of hydroxylamine groups is 2. The monoisotopic (exact) mass is 217 g/mol. The Morgan fingerprint density at radius 3 is 2.14 bits per heavy atom. The molecule has 1 heterocycles. The lowest BCUT2D eigenvalue weighted by atomic mass is 10.1. The normalized spacial score (nSPS) is 16.9. The fourth-order valence-electron chi connectivity index (χ4n) is 1.48. The molecule has 14 heavy (non-hydrogen) atoms. The lowest BCUT2D eigenvalue weighted by Gasteiger charge is -2.09. The van der Waals surface area contributed by atoms with Crippen LogP contribution in [0.1, 0.15) is 11.1 Å². The predicted octanol–water partition coefficient (Wildman–Crippen LogP) is 1.15. The Kier molecular flexibility index (Phi) is 2.26. The average molecular weight is 217 g/mol. The number of hydrogen-bond acceptors (Lipinski definition) is 4. The summed E-state index contributed by atoms with van der Waals surface area (Å²) in [4.78, 5) is 0. The van der Waals surface area contributed by atoms with Crippen molar-refractivity contribution >= 4 is 10.5 Å². The highest BCUT2D eigenvalue weighted by Gasteiger charge is 2.23. The van der Waals surface area contributed by atoms with Crippen molar-refractivity contribution in [3.63, 3.8) is 0 Å². The van der Waals surface area contributed by atoms with E-state index in [0.717, 1.165) is 16.2 Å². The zero-order valence-electron chi connectivity index (χ0n) is 7.18. The van der Waals surface area contributed by atoms with Gasteiger partial charge < -0.3 is 0 Å². The Morgan fingerprint density at radius 2 is 1.71 bits per heavy atom. The first-order valence-electron chi connectivity index (χ1n) is 4.00. The van der Waals surface area contributed by atoms with Gasteiger partial charge in [0.2, 0.25) is 0 Å². The van der Waals surface area contributed by atoms with E-state index in [9.17, 15) is 12.3 Å². The molecule has 1 aromatic carbocycles. The zero-order chi connectivity index (χ0) is 10.2. The van der Waals surface area contributed by atoms with Gasteiger partial charge in [-0.25, -0.2) is 0 Å². The Bertz CT molecular complexity index is 421. The summed E-state index contributed by atoms with van der Waals surface area (Å²) in [6, 6.07) is 7.38. The molecule has 0 atom stereocenters. The highest BCUT2D eigenvalue weighted by atomic mass is 32.3. The molecule has 0 amide bonds. The molecule has 0 bridgehead atoms. The summed E-state index contributed by atoms with van der Waals surface area (Å²) in [5.74, 6) is 0. The number of fused-ring (bicyclic) bond motifs is 1. The van der Waals surface area contributed by atoms with Crippen LogP contribution in [0.25, 0.3) is 0 Å². The van der Waals surface area contributed by atoms with Gasteiger partial charge in [-0.05, 0) is 11.1 Å². The third-order valence-corrected chi connectivity index (χ3v) is 2.40. The third-order valence-electron chi connectivity index (χ3n) is 2.01. The second-order valence-corrected chi connectivity index (χ2v) is 3.97. The summed E-state index contributed by atoms with van der Waals surface area (Å²) in [5, 5.41) is 1.07. The van der Waals surface area contributed by atoms with Crippen molar-refractivity contribution in [2.45, 2.75) is 13.1 Å². The summed E-state index contributed by atoms with van der Waals surface area (Å²) in [5.41, 5.74) is 1.91. The molecule has 0 saturated carbocycles. The van der Waals surface area contributed by atoms with E-state index in [0.29, 0.717) is 13.1 Å². The minimum atomic E-state index is -4.90. The Labute approximate surface area is 81.3 Å². The van der Waals surface area contributed by atoms with Crippen LogP contribution in [0, 0.1) is 0 Å². The Morgan fingerprint density at radius 1 is 1.21 bits per heavy atom. The van der Waals surface area contributed by atoms with Gasteiger partial charge in [-0.1, -0.05) is 28.2 Å². The molecule has 2 rings (SSSR count). The Hall–Kier alpha value is -0.980. The maximum absolute atomic E-state index is 12.2. The first kappa shape index (κ1) is 9.57. The van der Waals surface area contributed by atoms with E-state index in [-0.39, 0.29) is 0 Å². The number of nitrogens with zero attached hydrogens (tertiary/aromatic N) is 1. The zero-order valence-corrected chi connectivity index (χ0v) is 8.00. The summed E-state index contributed by atoms with van der Waals surface area (Å²) in [6.45, 7) is 0.582. The van der Waals surface area contributed by atoms with Gasteiger partial charge in [0.05, 0.1) is 13.1 Å². The van der Waals surface area contributed by atoms with Gasteiger partial charge in [-0.2, -0.15) is 17.8 Å². The van der Waals surface area contributed by atoms with Gasteiger partial charge in [0, 0.05) is 0 Å². The van der Waals surface area contributed by atoms with Gasteiger partial charge in [-0.3, -0.25) is 0 Å². The molecule has 6 heteroatoms. The molecule has 1 aliphatic rings. The quantitative estimate of drug-likeness (QED) is 0.697. The van der Waals surface area contributed by atoms with E-state index < -0.39 is 10.5 Å². The maximum atomic E-state index is 12.2. The number of halogens is 1. The predicted molar refractivity (Wildman–Crippen MR) is 46.8 cm³/mol. The van der Waals surface area contributed by atoms with Gasteiger partial charge in [0.25, 0.3) is 0 Å². The summed E-state index contributed by atoms with van der Waals surface area (Å²) in [6.07, 6.45) is 0. The molecular weight excluding hydrogens is 209 g/mol. The molecule has 0 fully saturated rings. The second-order valence-electron chi connectivity index (χ2n) is 3.03. The molecule has 0 spiro atoms. The van der Waals surface area contributed by atoms with E-state index in [2.05, 4.69) is 4.28 Å². The summed E-state index contributed by atoms with van der Waals surface area (Å²) >= 11 is 0. The van der Waals surface area contributed by atoms with Crippen molar-refractivity contribution in [1.29, 1.82) is 0 Å². The molecular formula is C8H8FNO3S. The van der Waals surface area contributed by atoms with Crippen LogP contribution in [0.5, 0.6) is 0 Å². The topological polar surface area (TPSA) is 46.6 Å². The first-order chi connectivity index (χ1) is 6.54. The lowest BCUT2D eigenvalue weighted by molar-refractivity contribution is -0.0627. The van der Waals surface area contributed by atoms with Crippen LogP contribution >= 0.6 is 0 Å². The van der Waals surface area contributed by atoms with Crippen LogP contribution in [-0.2, 0) is 27.9 Å². The highest BCUT2D eigenvalue weighted by molar-refractivity contribution is 7.81. The van der Waals surface area contributed by atoms with Gasteiger partial charge >= 0.3 is 10.5 Å². The molecule has 4 nitrogen and oxygen atoms in total. The molecule has 0 saturated heterocycles. The largest absolute Gasteiger partial charge is 0.454 e. The molecule has 76 valence electrons. The van der Waals surface area contributed by atoms with Gasteiger partial charge in [-0.15, -0.1) is 0 Å². The molecule has 0 aromatic heterocycles. The van der Waals surface area contributed by atoms with E-state index in [1.54, 1.807) is 0 Å². The van der Waals surface area contributed by atoms with Gasteiger partial charge in [0.1, 0.15) is 0 Å². The van der Waals surface area contributed by atoms with Crippen molar-refractivity contribution in [3.8, 4) is 0 Å². The van der Waals surface area contributed by atoms with Crippen LogP contribution in [0.15, 0.2) is 24.3 Å². The smallest absolute Gasteiger partial charge is 0.163 e. The van der Waals surface area contributed by atoms with Crippen LogP contribution in [0.2, 0.25) is 0 Å².